The first kappa shape index (κ1) is 13.3. The molecule has 2 fully saturated rings. The molecule has 1 amide bonds. The van der Waals surface area contributed by atoms with Gasteiger partial charge in [0.25, 0.3) is 0 Å². The van der Waals surface area contributed by atoms with Crippen LogP contribution in [0.25, 0.3) is 0 Å². The van der Waals surface area contributed by atoms with Crippen LogP contribution in [-0.4, -0.2) is 47.0 Å². The van der Waals surface area contributed by atoms with Crippen LogP contribution in [0.1, 0.15) is 30.7 Å². The molecule has 108 valence electrons. The second kappa shape index (κ2) is 5.38. The highest BCUT2D eigenvalue weighted by Crippen LogP contribution is 2.31. The van der Waals surface area contributed by atoms with Crippen LogP contribution in [0.15, 0.2) is 6.07 Å². The van der Waals surface area contributed by atoms with Crippen LogP contribution in [0.3, 0.4) is 0 Å². The molecule has 1 aliphatic heterocycles. The zero-order valence-corrected chi connectivity index (χ0v) is 12.3. The largest absolute Gasteiger partial charge is 0.341 e. The van der Waals surface area contributed by atoms with Crippen LogP contribution in [0, 0.1) is 19.8 Å². The molecular formula is C15H22N4O. The average molecular weight is 274 g/mol. The number of hydrogen-bond acceptors (Lipinski definition) is 4. The number of carbonyl (C=O) groups excluding carboxylic acids is 1. The Labute approximate surface area is 120 Å². The number of carbonyl (C=O) groups is 1. The Morgan fingerprint density at radius 2 is 1.80 bits per heavy atom. The van der Waals surface area contributed by atoms with Crippen molar-refractivity contribution in [1.82, 2.24) is 14.9 Å². The zero-order valence-electron chi connectivity index (χ0n) is 12.3. The fraction of sp³-hybridized carbons (Fsp3) is 0.667. The Hall–Kier alpha value is -1.65. The highest BCUT2D eigenvalue weighted by molar-refractivity contribution is 5.81. The standard InChI is InChI=1S/C15H22N4O/c1-11-10-12(2)17-15(16-11)19-7-3-6-18(8-9-19)14(20)13-4-5-13/h10,13H,3-9H2,1-2H3. The van der Waals surface area contributed by atoms with E-state index in [9.17, 15) is 4.79 Å². The number of amides is 1. The molecule has 0 N–H and O–H groups in total. The Morgan fingerprint density at radius 1 is 1.10 bits per heavy atom. The summed E-state index contributed by atoms with van der Waals surface area (Å²) in [6.45, 7) is 7.43. The minimum atomic E-state index is 0.319. The van der Waals surface area contributed by atoms with Crippen molar-refractivity contribution in [2.24, 2.45) is 5.92 Å². The summed E-state index contributed by atoms with van der Waals surface area (Å²) in [6.07, 6.45) is 3.16. The van der Waals surface area contributed by atoms with E-state index in [0.717, 1.165) is 62.8 Å². The lowest BCUT2D eigenvalue weighted by molar-refractivity contribution is -0.132. The average Bonchev–Trinajstić information content (AvgIpc) is 3.23. The highest BCUT2D eigenvalue weighted by Gasteiger charge is 2.34. The number of nitrogens with zero attached hydrogens (tertiary/aromatic N) is 4. The van der Waals surface area contributed by atoms with Gasteiger partial charge in [-0.25, -0.2) is 9.97 Å². The molecule has 0 radical (unpaired) electrons. The van der Waals surface area contributed by atoms with Crippen molar-refractivity contribution in [2.45, 2.75) is 33.1 Å². The molecule has 2 aliphatic rings. The minimum absolute atomic E-state index is 0.319. The van der Waals surface area contributed by atoms with E-state index in [2.05, 4.69) is 14.9 Å². The van der Waals surface area contributed by atoms with Gasteiger partial charge in [0.1, 0.15) is 0 Å². The van der Waals surface area contributed by atoms with Gasteiger partial charge in [-0.2, -0.15) is 0 Å². The van der Waals surface area contributed by atoms with E-state index in [1.165, 1.54) is 0 Å². The third-order valence-corrected chi connectivity index (χ3v) is 3.99. The summed E-state index contributed by atoms with van der Waals surface area (Å²) in [6, 6.07) is 1.99. The van der Waals surface area contributed by atoms with Gasteiger partial charge in [0.05, 0.1) is 0 Å². The molecule has 0 unspecified atom stereocenters. The van der Waals surface area contributed by atoms with Crippen LogP contribution in [-0.2, 0) is 4.79 Å². The summed E-state index contributed by atoms with van der Waals surface area (Å²) in [5.74, 6) is 1.48. The molecule has 5 nitrogen and oxygen atoms in total. The molecule has 1 saturated heterocycles. The van der Waals surface area contributed by atoms with Gasteiger partial charge in [0, 0.05) is 43.5 Å². The van der Waals surface area contributed by atoms with Gasteiger partial charge in [0.2, 0.25) is 11.9 Å². The van der Waals surface area contributed by atoms with Crippen LogP contribution in [0.5, 0.6) is 0 Å². The van der Waals surface area contributed by atoms with Gasteiger partial charge in [-0.15, -0.1) is 0 Å². The Kier molecular flexibility index (Phi) is 3.59. The maximum absolute atomic E-state index is 12.1. The van der Waals surface area contributed by atoms with Crippen molar-refractivity contribution in [3.8, 4) is 0 Å². The van der Waals surface area contributed by atoms with Crippen molar-refractivity contribution in [3.05, 3.63) is 17.5 Å². The van der Waals surface area contributed by atoms with Crippen molar-refractivity contribution in [2.75, 3.05) is 31.1 Å². The van der Waals surface area contributed by atoms with E-state index in [-0.39, 0.29) is 0 Å². The molecular weight excluding hydrogens is 252 g/mol. The topological polar surface area (TPSA) is 49.3 Å². The predicted octanol–water partition coefficient (Wildman–Crippen LogP) is 1.54. The SMILES string of the molecule is Cc1cc(C)nc(N2CCCN(C(=O)C3CC3)CC2)n1. The van der Waals surface area contributed by atoms with Crippen molar-refractivity contribution in [1.29, 1.82) is 0 Å². The van der Waals surface area contributed by atoms with E-state index in [4.69, 9.17) is 0 Å². The Morgan fingerprint density at radius 3 is 2.45 bits per heavy atom. The highest BCUT2D eigenvalue weighted by atomic mass is 16.2. The summed E-state index contributed by atoms with van der Waals surface area (Å²) in [4.78, 5) is 25.4. The third-order valence-electron chi connectivity index (χ3n) is 3.99. The van der Waals surface area contributed by atoms with Crippen LogP contribution >= 0.6 is 0 Å². The third kappa shape index (κ3) is 2.92. The predicted molar refractivity (Wildman–Crippen MR) is 77.6 cm³/mol. The van der Waals surface area contributed by atoms with Gasteiger partial charge in [-0.05, 0) is 39.2 Å². The zero-order chi connectivity index (χ0) is 14.1. The second-order valence-corrected chi connectivity index (χ2v) is 5.89. The molecule has 1 saturated carbocycles. The molecule has 0 spiro atoms. The first-order chi connectivity index (χ1) is 9.63. The molecule has 1 aromatic rings. The van der Waals surface area contributed by atoms with E-state index in [0.29, 0.717) is 11.8 Å². The smallest absolute Gasteiger partial charge is 0.225 e. The summed E-state index contributed by atoms with van der Waals surface area (Å²) in [5, 5.41) is 0. The van der Waals surface area contributed by atoms with Gasteiger partial charge >= 0.3 is 0 Å². The van der Waals surface area contributed by atoms with Crippen molar-refractivity contribution < 1.29 is 4.79 Å². The number of rotatable bonds is 2. The molecule has 3 rings (SSSR count). The van der Waals surface area contributed by atoms with E-state index >= 15 is 0 Å². The summed E-state index contributed by atoms with van der Waals surface area (Å²) in [5.41, 5.74) is 2.00. The number of aromatic nitrogens is 2. The monoisotopic (exact) mass is 274 g/mol. The fourth-order valence-electron chi connectivity index (χ4n) is 2.78. The molecule has 1 aromatic heterocycles. The molecule has 0 atom stereocenters. The maximum atomic E-state index is 12.1. The lowest BCUT2D eigenvalue weighted by Gasteiger charge is -2.22. The molecule has 1 aliphatic carbocycles. The first-order valence-electron chi connectivity index (χ1n) is 7.49. The van der Waals surface area contributed by atoms with Gasteiger partial charge in [-0.3, -0.25) is 4.79 Å². The van der Waals surface area contributed by atoms with Crippen molar-refractivity contribution >= 4 is 11.9 Å². The molecule has 5 heteroatoms. The van der Waals surface area contributed by atoms with Crippen LogP contribution in [0.2, 0.25) is 0 Å². The lowest BCUT2D eigenvalue weighted by atomic mass is 10.3. The maximum Gasteiger partial charge on any atom is 0.225 e. The number of hydrogen-bond donors (Lipinski definition) is 0. The normalized spacial score (nSPS) is 19.9. The van der Waals surface area contributed by atoms with Crippen molar-refractivity contribution in [3.63, 3.8) is 0 Å². The van der Waals surface area contributed by atoms with Crippen LogP contribution in [0.4, 0.5) is 5.95 Å². The second-order valence-electron chi connectivity index (χ2n) is 5.89. The van der Waals surface area contributed by atoms with Gasteiger partial charge in [-0.1, -0.05) is 0 Å². The quantitative estimate of drug-likeness (QED) is 0.821. The molecule has 0 bridgehead atoms. The first-order valence-corrected chi connectivity index (χ1v) is 7.49. The summed E-state index contributed by atoms with van der Waals surface area (Å²) >= 11 is 0. The summed E-state index contributed by atoms with van der Waals surface area (Å²) in [7, 11) is 0. The fourth-order valence-corrected chi connectivity index (χ4v) is 2.78. The molecule has 2 heterocycles. The van der Waals surface area contributed by atoms with E-state index in [1.54, 1.807) is 0 Å². The molecule has 20 heavy (non-hydrogen) atoms. The number of anilines is 1. The van der Waals surface area contributed by atoms with Crippen LogP contribution < -0.4 is 4.90 Å². The van der Waals surface area contributed by atoms with Gasteiger partial charge < -0.3 is 9.80 Å². The Bertz CT molecular complexity index is 492. The summed E-state index contributed by atoms with van der Waals surface area (Å²) < 4.78 is 0. The minimum Gasteiger partial charge on any atom is -0.341 e. The number of aryl methyl sites for hydroxylation is 2. The van der Waals surface area contributed by atoms with E-state index < -0.39 is 0 Å². The van der Waals surface area contributed by atoms with E-state index in [1.807, 2.05) is 24.8 Å². The Balaban J connectivity index is 1.68. The van der Waals surface area contributed by atoms with Gasteiger partial charge in [0.15, 0.2) is 0 Å². The molecule has 0 aromatic carbocycles. The lowest BCUT2D eigenvalue weighted by Crippen LogP contribution is -2.36.